The molecule has 1 fully saturated rings. The zero-order valence-corrected chi connectivity index (χ0v) is 32.0. The van der Waals surface area contributed by atoms with Crippen molar-refractivity contribution in [3.05, 3.63) is 82.6 Å². The molecule has 3 atom stereocenters. The SMILES string of the molecule is CCOC(CO[C@@H]1CCC[C@H](OCc2nc(-c3ccc(C(C)C)cc3)oc2C)C1)C(=O)O.Cc1oc(-c2ccc(C(C)C)cc2)nc1CI. The fourth-order valence-electron chi connectivity index (χ4n) is 5.60. The lowest BCUT2D eigenvalue weighted by Gasteiger charge is -2.29. The summed E-state index contributed by atoms with van der Waals surface area (Å²) in [7, 11) is 0. The van der Waals surface area contributed by atoms with Crippen molar-refractivity contribution in [1.29, 1.82) is 0 Å². The van der Waals surface area contributed by atoms with Gasteiger partial charge < -0.3 is 28.2 Å². The average molecular weight is 787 g/mol. The van der Waals surface area contributed by atoms with Crippen molar-refractivity contribution in [1.82, 2.24) is 9.97 Å². The van der Waals surface area contributed by atoms with Gasteiger partial charge in [0.25, 0.3) is 0 Å². The second-order valence-corrected chi connectivity index (χ2v) is 13.8. The van der Waals surface area contributed by atoms with E-state index in [0.717, 1.165) is 70.0 Å². The molecule has 0 bridgehead atoms. The molecule has 10 heteroatoms. The van der Waals surface area contributed by atoms with Gasteiger partial charge in [0.05, 0.1) is 31.1 Å². The van der Waals surface area contributed by atoms with Crippen LogP contribution in [0.2, 0.25) is 0 Å². The van der Waals surface area contributed by atoms with Gasteiger partial charge in [-0.3, -0.25) is 0 Å². The number of rotatable bonds is 14. The fraction of sp³-hybridized carbons (Fsp3) is 0.513. The number of hydrogen-bond donors (Lipinski definition) is 1. The number of halogens is 1. The van der Waals surface area contributed by atoms with E-state index in [9.17, 15) is 9.90 Å². The van der Waals surface area contributed by atoms with Gasteiger partial charge >= 0.3 is 5.97 Å². The molecule has 1 aliphatic rings. The molecule has 1 aliphatic carbocycles. The summed E-state index contributed by atoms with van der Waals surface area (Å²) in [6, 6.07) is 16.8. The maximum absolute atomic E-state index is 11.2. The third kappa shape index (κ3) is 11.2. The number of oxazole rings is 2. The van der Waals surface area contributed by atoms with Crippen LogP contribution in [0, 0.1) is 13.8 Å². The Kier molecular flexibility index (Phi) is 14.9. The second kappa shape index (κ2) is 18.8. The van der Waals surface area contributed by atoms with Gasteiger partial charge in [-0.25, -0.2) is 14.8 Å². The molecule has 1 N–H and O–H groups in total. The number of aryl methyl sites for hydroxylation is 2. The molecule has 266 valence electrons. The number of aromatic nitrogens is 2. The van der Waals surface area contributed by atoms with E-state index < -0.39 is 12.1 Å². The lowest BCUT2D eigenvalue weighted by molar-refractivity contribution is -0.157. The van der Waals surface area contributed by atoms with Crippen LogP contribution in [0.25, 0.3) is 22.9 Å². The molecule has 1 unspecified atom stereocenters. The summed E-state index contributed by atoms with van der Waals surface area (Å²) in [5, 5.41) is 9.20. The highest BCUT2D eigenvalue weighted by Crippen LogP contribution is 2.28. The zero-order chi connectivity index (χ0) is 35.5. The standard InChI is InChI=1S/C25H35NO6.C14H16INO/c1-5-29-23(25(27)28)15-31-21-8-6-7-20(13-21)30-14-22-17(4)32-24(26-22)19-11-9-18(10-12-19)16(2)3;1-9(2)11-4-6-12(7-5-11)14-16-13(8-15)10(3)17-14/h9-12,16,20-21,23H,5-8,13-15H2,1-4H3,(H,27,28);4-7,9H,8H2,1-3H3/t20-,21+,23?;/m0./s1. The van der Waals surface area contributed by atoms with Crippen molar-refractivity contribution in [2.24, 2.45) is 0 Å². The number of carbonyl (C=O) groups is 1. The number of carboxylic acids is 1. The van der Waals surface area contributed by atoms with Crippen LogP contribution in [0.4, 0.5) is 0 Å². The van der Waals surface area contributed by atoms with Crippen LogP contribution in [-0.2, 0) is 30.0 Å². The van der Waals surface area contributed by atoms with Gasteiger partial charge in [-0.15, -0.1) is 0 Å². The molecular weight excluding hydrogens is 735 g/mol. The number of alkyl halides is 1. The Morgan fingerprint density at radius 3 is 1.78 bits per heavy atom. The first-order chi connectivity index (χ1) is 23.5. The van der Waals surface area contributed by atoms with Gasteiger partial charge in [0.1, 0.15) is 17.2 Å². The lowest BCUT2D eigenvalue weighted by atomic mass is 9.95. The Morgan fingerprint density at radius 2 is 1.33 bits per heavy atom. The third-order valence-corrected chi connectivity index (χ3v) is 9.44. The number of aliphatic carboxylic acids is 1. The van der Waals surface area contributed by atoms with Crippen molar-refractivity contribution in [3.63, 3.8) is 0 Å². The van der Waals surface area contributed by atoms with Crippen LogP contribution in [0.5, 0.6) is 0 Å². The Morgan fingerprint density at radius 1 is 0.837 bits per heavy atom. The summed E-state index contributed by atoms with van der Waals surface area (Å²) in [5.74, 6) is 3.06. The molecule has 1 saturated carbocycles. The maximum Gasteiger partial charge on any atom is 0.335 e. The van der Waals surface area contributed by atoms with Crippen molar-refractivity contribution < 1.29 is 32.9 Å². The molecule has 2 heterocycles. The van der Waals surface area contributed by atoms with Crippen molar-refractivity contribution in [3.8, 4) is 22.9 Å². The van der Waals surface area contributed by atoms with Gasteiger partial charge in [-0.1, -0.05) is 74.6 Å². The Balaban J connectivity index is 0.000000266. The highest BCUT2D eigenvalue weighted by Gasteiger charge is 2.26. The smallest absolute Gasteiger partial charge is 0.335 e. The highest BCUT2D eigenvalue weighted by molar-refractivity contribution is 14.1. The topological polar surface area (TPSA) is 117 Å². The van der Waals surface area contributed by atoms with E-state index in [1.54, 1.807) is 6.92 Å². The highest BCUT2D eigenvalue weighted by atomic mass is 127. The van der Waals surface area contributed by atoms with Crippen molar-refractivity contribution in [2.45, 2.75) is 115 Å². The normalized spacial score (nSPS) is 16.9. The summed E-state index contributed by atoms with van der Waals surface area (Å²) in [5.41, 5.74) is 6.47. The molecule has 49 heavy (non-hydrogen) atoms. The minimum absolute atomic E-state index is 0.0236. The third-order valence-electron chi connectivity index (χ3n) is 8.72. The number of hydrogen-bond acceptors (Lipinski definition) is 8. The summed E-state index contributed by atoms with van der Waals surface area (Å²) >= 11 is 2.30. The van der Waals surface area contributed by atoms with Crippen LogP contribution in [0.1, 0.15) is 106 Å². The molecule has 0 amide bonds. The Labute approximate surface area is 304 Å². The van der Waals surface area contributed by atoms with Crippen molar-refractivity contribution >= 4 is 28.6 Å². The van der Waals surface area contributed by atoms with Gasteiger partial charge in [0.15, 0.2) is 6.10 Å². The minimum Gasteiger partial charge on any atom is -0.479 e. The minimum atomic E-state index is -0.994. The number of ether oxygens (including phenoxy) is 3. The van der Waals surface area contributed by atoms with Gasteiger partial charge in [0, 0.05) is 22.2 Å². The van der Waals surface area contributed by atoms with E-state index in [1.807, 2.05) is 26.0 Å². The van der Waals surface area contributed by atoms with E-state index in [2.05, 4.69) is 96.7 Å². The van der Waals surface area contributed by atoms with Crippen LogP contribution in [0.15, 0.2) is 57.4 Å². The molecule has 0 aliphatic heterocycles. The van der Waals surface area contributed by atoms with Crippen LogP contribution in [-0.4, -0.2) is 52.6 Å². The quantitative estimate of drug-likeness (QED) is 0.0985. The van der Waals surface area contributed by atoms with Crippen molar-refractivity contribution in [2.75, 3.05) is 13.2 Å². The molecule has 9 nitrogen and oxygen atoms in total. The molecule has 4 aromatic rings. The fourth-order valence-corrected chi connectivity index (χ4v) is 6.31. The molecule has 2 aromatic heterocycles. The van der Waals surface area contributed by atoms with E-state index in [0.29, 0.717) is 30.9 Å². The first-order valence-electron chi connectivity index (χ1n) is 17.3. The van der Waals surface area contributed by atoms with Crippen LogP contribution >= 0.6 is 22.6 Å². The number of nitrogens with zero attached hydrogens (tertiary/aromatic N) is 2. The molecule has 2 aromatic carbocycles. The predicted molar refractivity (Wildman–Crippen MR) is 199 cm³/mol. The first kappa shape index (κ1) is 38.7. The zero-order valence-electron chi connectivity index (χ0n) is 29.8. The lowest BCUT2D eigenvalue weighted by Crippen LogP contribution is -2.34. The molecular formula is C39H51IN2O7. The predicted octanol–water partition coefficient (Wildman–Crippen LogP) is 9.82. The van der Waals surface area contributed by atoms with Gasteiger partial charge in [0.2, 0.25) is 11.8 Å². The Bertz CT molecular complexity index is 1590. The summed E-state index contributed by atoms with van der Waals surface area (Å²) in [6.45, 7) is 15.2. The second-order valence-electron chi connectivity index (χ2n) is 13.1. The summed E-state index contributed by atoms with van der Waals surface area (Å²) in [4.78, 5) is 20.4. The summed E-state index contributed by atoms with van der Waals surface area (Å²) < 4.78 is 29.6. The monoisotopic (exact) mass is 786 g/mol. The summed E-state index contributed by atoms with van der Waals surface area (Å²) in [6.07, 6.45) is 2.67. The Hall–Kier alpha value is -3.06. The van der Waals surface area contributed by atoms with Crippen LogP contribution < -0.4 is 0 Å². The average Bonchev–Trinajstić information content (AvgIpc) is 3.67. The maximum atomic E-state index is 11.2. The largest absolute Gasteiger partial charge is 0.479 e. The van der Waals surface area contributed by atoms with Gasteiger partial charge in [-0.05, 0) is 93.7 Å². The molecule has 0 spiro atoms. The van der Waals surface area contributed by atoms with Crippen LogP contribution in [0.3, 0.4) is 0 Å². The first-order valence-corrected chi connectivity index (χ1v) is 18.8. The molecule has 0 radical (unpaired) electrons. The van der Waals surface area contributed by atoms with E-state index in [-0.39, 0.29) is 18.8 Å². The van der Waals surface area contributed by atoms with Gasteiger partial charge in [-0.2, -0.15) is 0 Å². The van der Waals surface area contributed by atoms with E-state index in [4.69, 9.17) is 23.0 Å². The van der Waals surface area contributed by atoms with E-state index >= 15 is 0 Å². The van der Waals surface area contributed by atoms with E-state index in [1.165, 1.54) is 11.1 Å². The molecule has 5 rings (SSSR count). The number of benzene rings is 2. The number of carboxylic acid groups (broad SMARTS) is 1. The molecule has 0 saturated heterocycles.